The second-order valence-electron chi connectivity index (χ2n) is 13.3. The zero-order chi connectivity index (χ0) is 36.9. The highest BCUT2D eigenvalue weighted by molar-refractivity contribution is 7.93. The normalized spacial score (nSPS) is 16.1. The van der Waals surface area contributed by atoms with Gasteiger partial charge in [-0.05, 0) is 76.6 Å². The van der Waals surface area contributed by atoms with E-state index in [0.717, 1.165) is 15.4 Å². The van der Waals surface area contributed by atoms with Crippen molar-refractivity contribution in [2.75, 3.05) is 38.0 Å². The lowest BCUT2D eigenvalue weighted by Crippen LogP contribution is -2.68. The standard InChI is InChI=1S/C36H44N4O9S/c1-25-13-19-29(20-14-25)50(45,46)40(27-15-17-28(18-16-27)48-33(43)38(6)7)36(5,32(42)49-35(2,3)4)31(41)30-23-39(22-21-37-30)34(44)47-24-26-11-9-8-10-12-26/h8-20,30,37H,21-24H2,1-7H3/t30?,36-/m1/s1. The summed E-state index contributed by atoms with van der Waals surface area (Å²) in [6.45, 7) is 7.98. The lowest BCUT2D eigenvalue weighted by Gasteiger charge is -2.43. The largest absolute Gasteiger partial charge is 0.458 e. The summed E-state index contributed by atoms with van der Waals surface area (Å²) < 4.78 is 46.6. The highest BCUT2D eigenvalue weighted by Crippen LogP contribution is 2.36. The highest BCUT2D eigenvalue weighted by Gasteiger charge is 2.56. The summed E-state index contributed by atoms with van der Waals surface area (Å²) in [7, 11) is -1.65. The van der Waals surface area contributed by atoms with Crippen LogP contribution in [0.15, 0.2) is 83.8 Å². The Morgan fingerprint density at radius 3 is 2.10 bits per heavy atom. The Morgan fingerprint density at radius 1 is 0.900 bits per heavy atom. The maximum atomic E-state index is 14.8. The van der Waals surface area contributed by atoms with Gasteiger partial charge < -0.3 is 29.3 Å². The number of piperazine rings is 1. The molecule has 13 nitrogen and oxygen atoms in total. The maximum absolute atomic E-state index is 14.8. The number of benzene rings is 3. The molecule has 14 heteroatoms. The molecule has 1 unspecified atom stereocenters. The molecule has 0 aliphatic carbocycles. The molecule has 1 N–H and O–H groups in total. The number of aryl methyl sites for hydroxylation is 1. The Kier molecular flexibility index (Phi) is 11.6. The van der Waals surface area contributed by atoms with Crippen molar-refractivity contribution in [3.8, 4) is 5.75 Å². The van der Waals surface area contributed by atoms with Crippen molar-refractivity contribution in [1.29, 1.82) is 0 Å². The molecule has 0 saturated carbocycles. The number of ether oxygens (including phenoxy) is 3. The lowest BCUT2D eigenvalue weighted by molar-refractivity contribution is -0.163. The number of hydrogen-bond donors (Lipinski definition) is 1. The number of sulfonamides is 1. The molecule has 50 heavy (non-hydrogen) atoms. The van der Waals surface area contributed by atoms with Gasteiger partial charge in [-0.25, -0.2) is 27.1 Å². The molecule has 3 aromatic rings. The van der Waals surface area contributed by atoms with Crippen LogP contribution in [-0.4, -0.2) is 93.1 Å². The van der Waals surface area contributed by atoms with Crippen molar-refractivity contribution in [3.05, 3.63) is 90.0 Å². The zero-order valence-electron chi connectivity index (χ0n) is 29.3. The molecule has 1 fully saturated rings. The molecule has 2 atom stereocenters. The third-order valence-electron chi connectivity index (χ3n) is 7.84. The maximum Gasteiger partial charge on any atom is 0.414 e. The van der Waals surface area contributed by atoms with Crippen molar-refractivity contribution < 1.29 is 41.8 Å². The van der Waals surface area contributed by atoms with Crippen LogP contribution in [0.3, 0.4) is 0 Å². The van der Waals surface area contributed by atoms with E-state index < -0.39 is 51.1 Å². The van der Waals surface area contributed by atoms with Crippen molar-refractivity contribution in [2.24, 2.45) is 0 Å². The number of carbonyl (C=O) groups excluding carboxylic acids is 4. The second kappa shape index (κ2) is 15.3. The Morgan fingerprint density at radius 2 is 1.52 bits per heavy atom. The molecule has 1 saturated heterocycles. The van der Waals surface area contributed by atoms with Crippen LogP contribution < -0.4 is 14.4 Å². The van der Waals surface area contributed by atoms with Crippen LogP contribution in [-0.2, 0) is 35.7 Å². The predicted molar refractivity (Wildman–Crippen MR) is 186 cm³/mol. The lowest BCUT2D eigenvalue weighted by atomic mass is 9.89. The summed E-state index contributed by atoms with van der Waals surface area (Å²) in [5, 5.41) is 3.06. The molecule has 0 spiro atoms. The van der Waals surface area contributed by atoms with Crippen molar-refractivity contribution in [3.63, 3.8) is 0 Å². The van der Waals surface area contributed by atoms with E-state index in [1.165, 1.54) is 67.2 Å². The molecule has 2 amide bonds. The third-order valence-corrected chi connectivity index (χ3v) is 9.76. The molecule has 0 aromatic heterocycles. The van der Waals surface area contributed by atoms with Gasteiger partial charge in [0.2, 0.25) is 5.54 Å². The van der Waals surface area contributed by atoms with Gasteiger partial charge in [-0.3, -0.25) is 4.79 Å². The number of ketones is 1. The Hall–Kier alpha value is -4.95. The van der Waals surface area contributed by atoms with Gasteiger partial charge in [-0.15, -0.1) is 0 Å². The third kappa shape index (κ3) is 8.79. The number of Topliss-reactive ketones (excluding diaryl/α,β-unsaturated/α-hetero) is 1. The average molecular weight is 709 g/mol. The SMILES string of the molecule is Cc1ccc(S(=O)(=O)N(c2ccc(OC(=O)N(C)C)cc2)[C@@](C)(C(=O)OC(C)(C)C)C(=O)C2CN(C(=O)OCc3ccccc3)CCN2)cc1. The Bertz CT molecular complexity index is 1790. The molecule has 1 aliphatic rings. The fourth-order valence-corrected chi connectivity index (χ4v) is 6.93. The number of esters is 1. The van der Waals surface area contributed by atoms with Crippen molar-refractivity contribution >= 4 is 39.6 Å². The van der Waals surface area contributed by atoms with E-state index in [-0.39, 0.29) is 42.6 Å². The number of nitrogens with one attached hydrogen (secondary N) is 1. The van der Waals surface area contributed by atoms with Gasteiger partial charge in [0.15, 0.2) is 5.78 Å². The Balaban J connectivity index is 1.79. The first-order chi connectivity index (χ1) is 23.4. The topological polar surface area (TPSA) is 152 Å². The van der Waals surface area contributed by atoms with Gasteiger partial charge >= 0.3 is 18.2 Å². The summed E-state index contributed by atoms with van der Waals surface area (Å²) >= 11 is 0. The average Bonchev–Trinajstić information content (AvgIpc) is 3.07. The first-order valence-electron chi connectivity index (χ1n) is 16.0. The smallest absolute Gasteiger partial charge is 0.414 e. The molecule has 0 bridgehead atoms. The molecule has 1 heterocycles. The zero-order valence-corrected chi connectivity index (χ0v) is 30.2. The van der Waals surface area contributed by atoms with Gasteiger partial charge in [-0.2, -0.15) is 0 Å². The van der Waals surface area contributed by atoms with E-state index in [2.05, 4.69) is 5.32 Å². The van der Waals surface area contributed by atoms with Crippen LogP contribution >= 0.6 is 0 Å². The van der Waals surface area contributed by atoms with Gasteiger partial charge in [0.1, 0.15) is 18.0 Å². The minimum Gasteiger partial charge on any atom is -0.458 e. The molecule has 3 aromatic carbocycles. The van der Waals surface area contributed by atoms with E-state index in [0.29, 0.717) is 0 Å². The molecular weight excluding hydrogens is 664 g/mol. The highest BCUT2D eigenvalue weighted by atomic mass is 32.2. The van der Waals surface area contributed by atoms with Gasteiger partial charge in [0.25, 0.3) is 10.0 Å². The summed E-state index contributed by atoms with van der Waals surface area (Å²) in [4.78, 5) is 56.8. The molecule has 268 valence electrons. The Labute approximate surface area is 293 Å². The van der Waals surface area contributed by atoms with Crippen LogP contribution in [0.2, 0.25) is 0 Å². The molecule has 1 aliphatic heterocycles. The predicted octanol–water partition coefficient (Wildman–Crippen LogP) is 4.53. The minimum atomic E-state index is -4.67. The van der Waals surface area contributed by atoms with E-state index in [4.69, 9.17) is 14.2 Å². The van der Waals surface area contributed by atoms with Crippen molar-refractivity contribution in [1.82, 2.24) is 15.1 Å². The van der Waals surface area contributed by atoms with E-state index in [1.807, 2.05) is 30.3 Å². The number of hydrogen-bond acceptors (Lipinski definition) is 10. The van der Waals surface area contributed by atoms with Gasteiger partial charge in [0, 0.05) is 33.7 Å². The number of rotatable bonds is 10. The summed E-state index contributed by atoms with van der Waals surface area (Å²) in [5.74, 6) is -1.88. The number of anilines is 1. The second-order valence-corrected chi connectivity index (χ2v) is 15.1. The minimum absolute atomic E-state index is 0.0141. The van der Waals surface area contributed by atoms with E-state index >= 15 is 0 Å². The summed E-state index contributed by atoms with van der Waals surface area (Å²) in [6.07, 6.45) is -1.33. The van der Waals surface area contributed by atoms with Gasteiger partial charge in [-0.1, -0.05) is 48.0 Å². The van der Waals surface area contributed by atoms with E-state index in [9.17, 15) is 27.6 Å². The summed E-state index contributed by atoms with van der Waals surface area (Å²) in [5.41, 5.74) is -2.13. The molecule has 4 rings (SSSR count). The first kappa shape index (κ1) is 37.9. The van der Waals surface area contributed by atoms with Crippen LogP contribution in [0, 0.1) is 6.92 Å². The van der Waals surface area contributed by atoms with Crippen LogP contribution in [0.25, 0.3) is 0 Å². The molecule has 0 radical (unpaired) electrons. The monoisotopic (exact) mass is 708 g/mol. The number of nitrogens with zero attached hydrogens (tertiary/aromatic N) is 3. The fourth-order valence-electron chi connectivity index (χ4n) is 5.20. The van der Waals surface area contributed by atoms with Crippen LogP contribution in [0.1, 0.15) is 38.8 Å². The fraction of sp³-hybridized carbons (Fsp3) is 0.389. The molecular formula is C36H44N4O9S. The van der Waals surface area contributed by atoms with Crippen LogP contribution in [0.5, 0.6) is 5.75 Å². The van der Waals surface area contributed by atoms with Gasteiger partial charge in [0.05, 0.1) is 16.6 Å². The van der Waals surface area contributed by atoms with Crippen molar-refractivity contribution in [2.45, 2.75) is 63.3 Å². The van der Waals surface area contributed by atoms with E-state index in [1.54, 1.807) is 39.8 Å². The number of carbonyl (C=O) groups is 4. The quantitative estimate of drug-likeness (QED) is 0.235. The first-order valence-corrected chi connectivity index (χ1v) is 17.5. The summed E-state index contributed by atoms with van der Waals surface area (Å²) in [6, 6.07) is 19.3. The van der Waals surface area contributed by atoms with Crippen LogP contribution in [0.4, 0.5) is 15.3 Å². The number of amides is 2.